The third kappa shape index (κ3) is 6.58. The number of likely N-dealkylation sites (N-methyl/N-ethyl adjacent to an activating group) is 1. The van der Waals surface area contributed by atoms with E-state index in [0.717, 1.165) is 5.56 Å². The van der Waals surface area contributed by atoms with Crippen LogP contribution in [-0.2, 0) is 25.5 Å². The van der Waals surface area contributed by atoms with E-state index in [0.29, 0.717) is 11.6 Å². The van der Waals surface area contributed by atoms with Crippen molar-refractivity contribution < 1.29 is 19.1 Å². The molecule has 1 rings (SSSR count). The lowest BCUT2D eigenvalue weighted by Gasteiger charge is -2.13. The molecule has 0 aliphatic rings. The summed E-state index contributed by atoms with van der Waals surface area (Å²) in [6.07, 6.45) is 0.0519. The van der Waals surface area contributed by atoms with Crippen molar-refractivity contribution in [3.63, 3.8) is 0 Å². The van der Waals surface area contributed by atoms with Crippen molar-refractivity contribution in [1.82, 2.24) is 10.6 Å². The first-order valence-electron chi connectivity index (χ1n) is 6.89. The third-order valence-electron chi connectivity index (χ3n) is 2.75. The minimum absolute atomic E-state index is 0.0519. The first-order valence-corrected chi connectivity index (χ1v) is 7.27. The summed E-state index contributed by atoms with van der Waals surface area (Å²) < 4.78 is 4.86. The quantitative estimate of drug-likeness (QED) is 0.734. The Labute approximate surface area is 134 Å². The van der Waals surface area contributed by atoms with E-state index in [4.69, 9.17) is 16.3 Å². The van der Waals surface area contributed by atoms with E-state index >= 15 is 0 Å². The van der Waals surface area contributed by atoms with Crippen LogP contribution in [0.4, 0.5) is 0 Å². The highest BCUT2D eigenvalue weighted by Gasteiger charge is 2.15. The number of hydrogen-bond acceptors (Lipinski definition) is 4. The Morgan fingerprint density at radius 2 is 1.86 bits per heavy atom. The van der Waals surface area contributed by atoms with E-state index in [1.54, 1.807) is 38.1 Å². The van der Waals surface area contributed by atoms with E-state index in [1.807, 2.05) is 0 Å². The van der Waals surface area contributed by atoms with E-state index < -0.39 is 24.5 Å². The molecule has 0 saturated heterocycles. The lowest BCUT2D eigenvalue weighted by molar-refractivity contribution is -0.148. The molecule has 7 heteroatoms. The largest absolute Gasteiger partial charge is 0.455 e. The molecule has 0 aliphatic carbocycles. The van der Waals surface area contributed by atoms with E-state index in [1.165, 1.54) is 0 Å². The van der Waals surface area contributed by atoms with Crippen molar-refractivity contribution in [2.24, 2.45) is 0 Å². The summed E-state index contributed by atoms with van der Waals surface area (Å²) in [6.45, 7) is 3.40. The summed E-state index contributed by atoms with van der Waals surface area (Å²) in [5, 5.41) is 5.61. The molecule has 0 fully saturated rings. The second-order valence-electron chi connectivity index (χ2n) is 4.65. The second-order valence-corrected chi connectivity index (χ2v) is 5.08. The Balaban J connectivity index is 2.32. The van der Waals surface area contributed by atoms with Gasteiger partial charge >= 0.3 is 5.97 Å². The molecule has 22 heavy (non-hydrogen) atoms. The number of amides is 2. The van der Waals surface area contributed by atoms with Gasteiger partial charge in [-0.3, -0.25) is 14.4 Å². The number of carbonyl (C=O) groups excluding carboxylic acids is 3. The highest BCUT2D eigenvalue weighted by Crippen LogP contribution is 2.10. The van der Waals surface area contributed by atoms with Crippen LogP contribution in [0.5, 0.6) is 0 Å². The van der Waals surface area contributed by atoms with Crippen molar-refractivity contribution in [1.29, 1.82) is 0 Å². The molecule has 0 aromatic heterocycles. The van der Waals surface area contributed by atoms with Crippen LogP contribution in [0.1, 0.15) is 19.4 Å². The van der Waals surface area contributed by atoms with Gasteiger partial charge in [0, 0.05) is 11.6 Å². The predicted octanol–water partition coefficient (Wildman–Crippen LogP) is 1.07. The van der Waals surface area contributed by atoms with E-state index in [2.05, 4.69) is 10.6 Å². The average molecular weight is 327 g/mol. The summed E-state index contributed by atoms with van der Waals surface area (Å²) >= 11 is 5.75. The maximum Gasteiger partial charge on any atom is 0.310 e. The van der Waals surface area contributed by atoms with Gasteiger partial charge in [-0.25, -0.2) is 0 Å². The normalized spacial score (nSPS) is 11.4. The van der Waals surface area contributed by atoms with Gasteiger partial charge in [0.15, 0.2) is 6.61 Å². The number of rotatable bonds is 7. The molecule has 0 aliphatic heterocycles. The van der Waals surface area contributed by atoms with Gasteiger partial charge in [0.25, 0.3) is 5.91 Å². The minimum atomic E-state index is -0.678. The van der Waals surface area contributed by atoms with Gasteiger partial charge < -0.3 is 15.4 Å². The number of ether oxygens (including phenoxy) is 1. The summed E-state index contributed by atoms with van der Waals surface area (Å²) in [4.78, 5) is 34.6. The van der Waals surface area contributed by atoms with Gasteiger partial charge in [-0.05, 0) is 31.5 Å². The Morgan fingerprint density at radius 3 is 2.45 bits per heavy atom. The van der Waals surface area contributed by atoms with E-state index in [-0.39, 0.29) is 12.3 Å². The fraction of sp³-hybridized carbons (Fsp3) is 0.400. The molecule has 1 aromatic carbocycles. The zero-order valence-electron chi connectivity index (χ0n) is 12.5. The van der Waals surface area contributed by atoms with Crippen LogP contribution < -0.4 is 10.6 Å². The molecule has 2 amide bonds. The summed E-state index contributed by atoms with van der Waals surface area (Å²) in [5.41, 5.74) is 0.741. The van der Waals surface area contributed by atoms with Crippen molar-refractivity contribution in [3.05, 3.63) is 34.9 Å². The van der Waals surface area contributed by atoms with Crippen LogP contribution in [0.3, 0.4) is 0 Å². The van der Waals surface area contributed by atoms with Gasteiger partial charge in [-0.1, -0.05) is 23.7 Å². The SMILES string of the molecule is CCNC(=O)[C@H](C)NC(=O)COC(=O)Cc1ccc(Cl)cc1. The van der Waals surface area contributed by atoms with Gasteiger partial charge in [-0.2, -0.15) is 0 Å². The number of hydrogen-bond donors (Lipinski definition) is 2. The van der Waals surface area contributed by atoms with Crippen LogP contribution in [0.2, 0.25) is 5.02 Å². The number of halogens is 1. The summed E-state index contributed by atoms with van der Waals surface area (Å²) in [7, 11) is 0. The van der Waals surface area contributed by atoms with Crippen LogP contribution in [0.25, 0.3) is 0 Å². The molecule has 1 atom stereocenters. The lowest BCUT2D eigenvalue weighted by Crippen LogP contribution is -2.46. The molecule has 0 heterocycles. The van der Waals surface area contributed by atoms with Crippen molar-refractivity contribution in [3.8, 4) is 0 Å². The highest BCUT2D eigenvalue weighted by molar-refractivity contribution is 6.30. The summed E-state index contributed by atoms with van der Waals surface area (Å²) in [5.74, 6) is -1.34. The van der Waals surface area contributed by atoms with Gasteiger partial charge in [0.2, 0.25) is 5.91 Å². The molecule has 0 bridgehead atoms. The van der Waals surface area contributed by atoms with Crippen molar-refractivity contribution in [2.75, 3.05) is 13.2 Å². The van der Waals surface area contributed by atoms with Crippen molar-refractivity contribution in [2.45, 2.75) is 26.3 Å². The monoisotopic (exact) mass is 326 g/mol. The zero-order valence-corrected chi connectivity index (χ0v) is 13.3. The lowest BCUT2D eigenvalue weighted by atomic mass is 10.1. The van der Waals surface area contributed by atoms with Crippen molar-refractivity contribution >= 4 is 29.4 Å². The molecule has 6 nitrogen and oxygen atoms in total. The maximum absolute atomic E-state index is 11.6. The molecular weight excluding hydrogens is 308 g/mol. The molecular formula is C15H19ClN2O4. The zero-order chi connectivity index (χ0) is 16.5. The smallest absolute Gasteiger partial charge is 0.310 e. The van der Waals surface area contributed by atoms with Crippen LogP contribution >= 0.6 is 11.6 Å². The first-order chi connectivity index (χ1) is 10.4. The number of nitrogens with one attached hydrogen (secondary N) is 2. The van der Waals surface area contributed by atoms with Gasteiger partial charge in [0.1, 0.15) is 6.04 Å². The second kappa shape index (κ2) is 9.04. The number of esters is 1. The Morgan fingerprint density at radius 1 is 1.23 bits per heavy atom. The molecule has 1 aromatic rings. The third-order valence-corrected chi connectivity index (χ3v) is 3.00. The van der Waals surface area contributed by atoms with E-state index in [9.17, 15) is 14.4 Å². The Hall–Kier alpha value is -2.08. The molecule has 0 spiro atoms. The maximum atomic E-state index is 11.6. The van der Waals surface area contributed by atoms with Gasteiger partial charge in [0.05, 0.1) is 6.42 Å². The first kappa shape index (κ1) is 18.0. The molecule has 2 N–H and O–H groups in total. The molecule has 120 valence electrons. The Kier molecular flexibility index (Phi) is 7.39. The molecule has 0 saturated carbocycles. The predicted molar refractivity (Wildman–Crippen MR) is 82.4 cm³/mol. The average Bonchev–Trinajstić information content (AvgIpc) is 2.48. The fourth-order valence-corrected chi connectivity index (χ4v) is 1.77. The van der Waals surface area contributed by atoms with Crippen LogP contribution in [0, 0.1) is 0 Å². The number of benzene rings is 1. The number of carbonyl (C=O) groups is 3. The fourth-order valence-electron chi connectivity index (χ4n) is 1.64. The van der Waals surface area contributed by atoms with Crippen LogP contribution in [-0.4, -0.2) is 37.0 Å². The highest BCUT2D eigenvalue weighted by atomic mass is 35.5. The summed E-state index contributed by atoms with van der Waals surface area (Å²) in [6, 6.07) is 6.08. The Bertz CT molecular complexity index is 531. The molecule has 0 unspecified atom stereocenters. The standard InChI is InChI=1S/C15H19ClN2O4/c1-3-17-15(21)10(2)18-13(19)9-22-14(20)8-11-4-6-12(16)7-5-11/h4-7,10H,3,8-9H2,1-2H3,(H,17,21)(H,18,19)/t10-/m0/s1. The topological polar surface area (TPSA) is 84.5 Å². The van der Waals surface area contributed by atoms with Gasteiger partial charge in [-0.15, -0.1) is 0 Å². The molecule has 0 radical (unpaired) electrons. The minimum Gasteiger partial charge on any atom is -0.455 e. The van der Waals surface area contributed by atoms with Crippen LogP contribution in [0.15, 0.2) is 24.3 Å².